The Morgan fingerprint density at radius 1 is 0.981 bits per heavy atom. The highest BCUT2D eigenvalue weighted by molar-refractivity contribution is 5.76. The molecule has 1 aliphatic heterocycles. The summed E-state index contributed by atoms with van der Waals surface area (Å²) in [6, 6.07) is 24.8. The number of carbonyl (C=O) groups excluding carboxylic acids is 1. The smallest absolute Gasteiger partial charge is 0.306 e. The second-order valence-electron chi connectivity index (χ2n) is 12.5. The van der Waals surface area contributed by atoms with E-state index in [1.165, 1.54) is 12.7 Å². The van der Waals surface area contributed by atoms with Gasteiger partial charge in [-0.05, 0) is 41.0 Å². The van der Waals surface area contributed by atoms with Gasteiger partial charge in [-0.1, -0.05) is 54.6 Å². The molecule has 0 spiro atoms. The lowest BCUT2D eigenvalue weighted by Crippen LogP contribution is -2.39. The number of aliphatic imine (C=N–C) groups is 1. The number of carboxylic acids is 1. The summed E-state index contributed by atoms with van der Waals surface area (Å²) in [7, 11) is 6.76. The number of hydrogen-bond acceptors (Lipinski definition) is 11. The minimum Gasteiger partial charge on any atom is -0.497 e. The van der Waals surface area contributed by atoms with Crippen molar-refractivity contribution in [3.8, 4) is 11.5 Å². The number of rotatable bonds is 15. The molecule has 0 unspecified atom stereocenters. The first-order valence-electron chi connectivity index (χ1n) is 16.8. The van der Waals surface area contributed by atoms with Crippen LogP contribution in [0.5, 0.6) is 11.5 Å². The number of esters is 1. The number of carbonyl (C=O) groups is 2. The van der Waals surface area contributed by atoms with Crippen molar-refractivity contribution in [3.05, 3.63) is 112 Å². The number of aromatic amines is 1. The molecule has 1 saturated heterocycles. The lowest BCUT2D eigenvalue weighted by atomic mass is 9.80. The zero-order valence-electron chi connectivity index (χ0n) is 29.7. The monoisotopic (exact) mass is 724 g/mol. The summed E-state index contributed by atoms with van der Waals surface area (Å²) < 4.78 is 32.0. The second kappa shape index (κ2) is 16.1. The number of nitrogens with zero attached hydrogens (tertiary/aromatic N) is 5. The Balaban J connectivity index is 1.40. The fraction of sp³-hybridized carbons (Fsp3) is 0.316. The number of ether oxygens (including phenoxy) is 5. The number of nitrogens with one attached hydrogen (secondary N) is 1. The first kappa shape index (κ1) is 36.7. The van der Waals surface area contributed by atoms with Crippen LogP contribution in [0, 0.1) is 0 Å². The molecule has 5 aromatic rings. The number of imidazole rings is 1. The normalized spacial score (nSPS) is 17.2. The number of methoxy groups -OCH3 is 2. The van der Waals surface area contributed by atoms with E-state index in [1.54, 1.807) is 37.8 Å². The highest BCUT2D eigenvalue weighted by Crippen LogP contribution is 2.43. The van der Waals surface area contributed by atoms with Crippen LogP contribution >= 0.6 is 0 Å². The molecule has 0 aliphatic carbocycles. The summed E-state index contributed by atoms with van der Waals surface area (Å²) in [6.07, 6.45) is -0.155. The van der Waals surface area contributed by atoms with Crippen LogP contribution in [0.25, 0.3) is 11.2 Å². The number of fused-ring (bicyclic) bond motifs is 1. The van der Waals surface area contributed by atoms with Crippen molar-refractivity contribution in [1.29, 1.82) is 0 Å². The van der Waals surface area contributed by atoms with Gasteiger partial charge in [-0.25, -0.2) is 9.98 Å². The van der Waals surface area contributed by atoms with E-state index >= 15 is 0 Å². The third-order valence-electron chi connectivity index (χ3n) is 8.78. The number of benzene rings is 3. The zero-order chi connectivity index (χ0) is 37.5. The number of carboxylic acid groups (broad SMARTS) is 1. The number of H-pyrrole nitrogens is 1. The molecule has 3 aromatic carbocycles. The molecule has 0 amide bonds. The van der Waals surface area contributed by atoms with Gasteiger partial charge >= 0.3 is 11.9 Å². The fourth-order valence-electron chi connectivity index (χ4n) is 6.22. The van der Waals surface area contributed by atoms with Gasteiger partial charge in [0.1, 0.15) is 35.5 Å². The fourth-order valence-corrected chi connectivity index (χ4v) is 6.22. The van der Waals surface area contributed by atoms with Crippen molar-refractivity contribution in [2.75, 3.05) is 34.9 Å². The first-order chi connectivity index (χ1) is 25.6. The second-order valence-corrected chi connectivity index (χ2v) is 12.5. The predicted molar refractivity (Wildman–Crippen MR) is 194 cm³/mol. The molecule has 0 bridgehead atoms. The summed E-state index contributed by atoms with van der Waals surface area (Å²) in [5.74, 6) is -0.425. The van der Waals surface area contributed by atoms with Crippen molar-refractivity contribution in [2.45, 2.75) is 43.3 Å². The molecule has 15 heteroatoms. The molecule has 0 radical (unpaired) electrons. The Labute approximate surface area is 304 Å². The lowest BCUT2D eigenvalue weighted by Gasteiger charge is -2.37. The largest absolute Gasteiger partial charge is 0.497 e. The topological polar surface area (TPSA) is 180 Å². The molecule has 3 atom stereocenters. The maximum Gasteiger partial charge on any atom is 0.306 e. The van der Waals surface area contributed by atoms with E-state index in [-0.39, 0.29) is 36.6 Å². The molecule has 1 fully saturated rings. The highest BCUT2D eigenvalue weighted by atomic mass is 16.6. The van der Waals surface area contributed by atoms with Gasteiger partial charge in [0.25, 0.3) is 5.56 Å². The SMILES string of the molecule is COc1ccc(C(OC[C@H]2O[C@@H](n3cnc4c(=O)[nH]c(N=CN(C)C)nc43)C[C@@H]2OC(=O)CCC(=O)O)(c2ccccc2)c2ccc(OC)cc2)cc1. The summed E-state index contributed by atoms with van der Waals surface area (Å²) in [5, 5.41) is 9.19. The van der Waals surface area contributed by atoms with Gasteiger partial charge < -0.3 is 33.7 Å². The quantitative estimate of drug-likeness (QED) is 0.0673. The van der Waals surface area contributed by atoms with Crippen molar-refractivity contribution in [3.63, 3.8) is 0 Å². The maximum absolute atomic E-state index is 13.0. The van der Waals surface area contributed by atoms with E-state index in [9.17, 15) is 19.5 Å². The van der Waals surface area contributed by atoms with E-state index in [1.807, 2.05) is 78.9 Å². The van der Waals surface area contributed by atoms with Crippen molar-refractivity contribution >= 4 is 35.4 Å². The number of aliphatic carboxylic acids is 1. The van der Waals surface area contributed by atoms with Gasteiger partial charge in [0.15, 0.2) is 11.2 Å². The van der Waals surface area contributed by atoms with Gasteiger partial charge in [-0.3, -0.25) is 23.9 Å². The van der Waals surface area contributed by atoms with Crippen LogP contribution in [0.4, 0.5) is 5.95 Å². The van der Waals surface area contributed by atoms with E-state index < -0.39 is 48.0 Å². The summed E-state index contributed by atoms with van der Waals surface area (Å²) >= 11 is 0. The van der Waals surface area contributed by atoms with E-state index in [0.717, 1.165) is 16.7 Å². The Kier molecular flexibility index (Phi) is 11.1. The van der Waals surface area contributed by atoms with Gasteiger partial charge in [-0.2, -0.15) is 4.98 Å². The summed E-state index contributed by atoms with van der Waals surface area (Å²) in [6.45, 7) is -0.0840. The van der Waals surface area contributed by atoms with Crippen LogP contribution in [0.1, 0.15) is 42.2 Å². The van der Waals surface area contributed by atoms with E-state index in [4.69, 9.17) is 23.7 Å². The molecule has 0 saturated carbocycles. The van der Waals surface area contributed by atoms with Crippen LogP contribution in [0.3, 0.4) is 0 Å². The molecule has 15 nitrogen and oxygen atoms in total. The molecule has 53 heavy (non-hydrogen) atoms. The first-order valence-corrected chi connectivity index (χ1v) is 16.8. The molecule has 1 aliphatic rings. The van der Waals surface area contributed by atoms with Gasteiger partial charge in [0.05, 0.1) is 46.3 Å². The molecule has 276 valence electrons. The van der Waals surface area contributed by atoms with Crippen molar-refractivity contribution in [1.82, 2.24) is 24.4 Å². The van der Waals surface area contributed by atoms with Gasteiger partial charge in [0.2, 0.25) is 5.95 Å². The highest BCUT2D eigenvalue weighted by Gasteiger charge is 2.44. The minimum atomic E-state index is -1.20. The average molecular weight is 725 g/mol. The summed E-state index contributed by atoms with van der Waals surface area (Å²) in [5.41, 5.74) is 1.000. The standard InChI is InChI=1S/C38H40N6O9/c1-43(2)22-40-37-41-35-34(36(48)42-37)39-23-44(35)31-20-29(53-33(47)19-18-32(45)46)30(52-31)21-51-38(24-8-6-5-7-9-24,25-10-14-27(49-3)15-11-25)26-12-16-28(50-4)17-13-26/h5-17,22-23,29-31H,18-21H2,1-4H3,(H,45,46)(H,41,42,48)/t29-,30+,31+/m0/s1. The molecular weight excluding hydrogens is 684 g/mol. The summed E-state index contributed by atoms with van der Waals surface area (Å²) in [4.78, 5) is 54.5. The molecular formula is C38H40N6O9. The molecule has 6 rings (SSSR count). The van der Waals surface area contributed by atoms with Crippen LogP contribution < -0.4 is 15.0 Å². The Morgan fingerprint density at radius 2 is 1.60 bits per heavy atom. The van der Waals surface area contributed by atoms with Crippen molar-refractivity contribution < 1.29 is 38.4 Å². The minimum absolute atomic E-state index is 0.0686. The zero-order valence-corrected chi connectivity index (χ0v) is 29.7. The molecule has 2 aromatic heterocycles. The lowest BCUT2D eigenvalue weighted by molar-refractivity contribution is -0.157. The van der Waals surface area contributed by atoms with E-state index in [2.05, 4.69) is 19.9 Å². The molecule has 3 heterocycles. The van der Waals surface area contributed by atoms with Gasteiger partial charge in [0, 0.05) is 20.5 Å². The maximum atomic E-state index is 13.0. The average Bonchev–Trinajstić information content (AvgIpc) is 3.78. The Bertz CT molecular complexity index is 2070. The Morgan fingerprint density at radius 3 is 2.19 bits per heavy atom. The van der Waals surface area contributed by atoms with Gasteiger partial charge in [-0.15, -0.1) is 0 Å². The molecule has 2 N–H and O–H groups in total. The predicted octanol–water partition coefficient (Wildman–Crippen LogP) is 4.43. The van der Waals surface area contributed by atoms with Crippen LogP contribution in [-0.2, 0) is 29.4 Å². The van der Waals surface area contributed by atoms with Crippen LogP contribution in [0.2, 0.25) is 0 Å². The third kappa shape index (κ3) is 8.05. The van der Waals surface area contributed by atoms with Crippen LogP contribution in [-0.4, -0.2) is 94.9 Å². The Hall–Kier alpha value is -6.06. The number of aromatic nitrogens is 4. The van der Waals surface area contributed by atoms with Crippen molar-refractivity contribution in [2.24, 2.45) is 4.99 Å². The van der Waals surface area contributed by atoms with E-state index in [0.29, 0.717) is 11.5 Å². The van der Waals surface area contributed by atoms with Crippen LogP contribution in [0.15, 0.2) is 95.0 Å². The third-order valence-corrected chi connectivity index (χ3v) is 8.78. The number of hydrogen-bond donors (Lipinski definition) is 2.